The van der Waals surface area contributed by atoms with Gasteiger partial charge in [0.2, 0.25) is 0 Å². The van der Waals surface area contributed by atoms with Gasteiger partial charge in [-0.25, -0.2) is 0 Å². The highest BCUT2D eigenvalue weighted by Crippen LogP contribution is 2.30. The molecule has 0 aliphatic rings. The van der Waals surface area contributed by atoms with Gasteiger partial charge in [-0.15, -0.1) is 0 Å². The van der Waals surface area contributed by atoms with E-state index >= 15 is 0 Å². The molecule has 2 N–H and O–H groups in total. The molecule has 90 valence electrons. The normalized spacial score (nSPS) is 11.1. The first-order chi connectivity index (χ1) is 8.08. The van der Waals surface area contributed by atoms with Crippen LogP contribution in [-0.2, 0) is 0 Å². The lowest BCUT2D eigenvalue weighted by Gasteiger charge is -2.12. The number of nitrogens with zero attached hydrogens (tertiary/aromatic N) is 1. The maximum atomic E-state index is 6.04. The molecule has 3 heteroatoms. The zero-order chi connectivity index (χ0) is 12.4. The van der Waals surface area contributed by atoms with Crippen LogP contribution in [0.15, 0.2) is 24.3 Å². The van der Waals surface area contributed by atoms with Crippen LogP contribution in [0.3, 0.4) is 0 Å². The van der Waals surface area contributed by atoms with Gasteiger partial charge in [0.05, 0.1) is 17.5 Å². The van der Waals surface area contributed by atoms with E-state index in [0.717, 1.165) is 28.0 Å². The first kappa shape index (κ1) is 11.7. The second-order valence-electron chi connectivity index (χ2n) is 4.71. The summed E-state index contributed by atoms with van der Waals surface area (Å²) < 4.78 is 5.78. The monoisotopic (exact) mass is 230 g/mol. The second-order valence-corrected chi connectivity index (χ2v) is 4.71. The Morgan fingerprint density at radius 2 is 2.12 bits per heavy atom. The molecule has 0 saturated carbocycles. The fourth-order valence-electron chi connectivity index (χ4n) is 1.80. The predicted molar refractivity (Wildman–Crippen MR) is 71.2 cm³/mol. The molecule has 0 atom stereocenters. The maximum Gasteiger partial charge on any atom is 0.130 e. The molecule has 0 aliphatic heterocycles. The number of nitrogen functional groups attached to an aromatic ring is 1. The van der Waals surface area contributed by atoms with Crippen LogP contribution in [0.25, 0.3) is 10.9 Å². The number of pyridine rings is 1. The molecule has 0 radical (unpaired) electrons. The van der Waals surface area contributed by atoms with Gasteiger partial charge in [-0.3, -0.25) is 4.98 Å². The summed E-state index contributed by atoms with van der Waals surface area (Å²) in [5.74, 6) is 1.31. The molecule has 0 bridgehead atoms. The van der Waals surface area contributed by atoms with Gasteiger partial charge in [0, 0.05) is 11.4 Å². The molecule has 0 spiro atoms. The summed E-state index contributed by atoms with van der Waals surface area (Å²) in [6.45, 7) is 6.87. The first-order valence-electron chi connectivity index (χ1n) is 5.86. The number of hydrogen-bond acceptors (Lipinski definition) is 3. The Bertz CT molecular complexity index is 535. The number of anilines is 1. The molecule has 2 rings (SSSR count). The van der Waals surface area contributed by atoms with Crippen molar-refractivity contribution in [3.8, 4) is 5.75 Å². The van der Waals surface area contributed by atoms with Crippen LogP contribution in [0.5, 0.6) is 5.75 Å². The van der Waals surface area contributed by atoms with Gasteiger partial charge >= 0.3 is 0 Å². The number of nitrogens with two attached hydrogens (primary N) is 1. The van der Waals surface area contributed by atoms with Crippen molar-refractivity contribution in [2.75, 3.05) is 12.3 Å². The van der Waals surface area contributed by atoms with Gasteiger partial charge in [0.15, 0.2) is 0 Å². The fraction of sp³-hybridized carbons (Fsp3) is 0.357. The smallest absolute Gasteiger partial charge is 0.130 e. The number of benzene rings is 1. The molecule has 17 heavy (non-hydrogen) atoms. The zero-order valence-corrected chi connectivity index (χ0v) is 10.5. The minimum atomic E-state index is 0.491. The molecule has 0 unspecified atom stereocenters. The molecular weight excluding hydrogens is 212 g/mol. The number of aromatic nitrogens is 1. The van der Waals surface area contributed by atoms with Crippen LogP contribution >= 0.6 is 0 Å². The minimum absolute atomic E-state index is 0.491. The van der Waals surface area contributed by atoms with Crippen molar-refractivity contribution in [2.45, 2.75) is 20.8 Å². The van der Waals surface area contributed by atoms with Crippen LogP contribution in [-0.4, -0.2) is 11.6 Å². The van der Waals surface area contributed by atoms with Crippen LogP contribution in [0.1, 0.15) is 19.5 Å². The van der Waals surface area contributed by atoms with Gasteiger partial charge in [0.25, 0.3) is 0 Å². The van der Waals surface area contributed by atoms with Gasteiger partial charge in [-0.2, -0.15) is 0 Å². The second kappa shape index (κ2) is 4.62. The first-order valence-corrected chi connectivity index (χ1v) is 5.86. The lowest BCUT2D eigenvalue weighted by molar-refractivity contribution is 0.274. The average Bonchev–Trinajstić information content (AvgIpc) is 2.25. The quantitative estimate of drug-likeness (QED) is 0.881. The van der Waals surface area contributed by atoms with E-state index in [1.54, 1.807) is 0 Å². The van der Waals surface area contributed by atoms with Gasteiger partial charge < -0.3 is 10.5 Å². The minimum Gasteiger partial charge on any atom is -0.493 e. The lowest BCUT2D eigenvalue weighted by Crippen LogP contribution is -2.05. The van der Waals surface area contributed by atoms with Crippen molar-refractivity contribution in [1.29, 1.82) is 0 Å². The molecular formula is C14H18N2O. The van der Waals surface area contributed by atoms with Gasteiger partial charge in [-0.1, -0.05) is 19.9 Å². The van der Waals surface area contributed by atoms with Crippen LogP contribution in [0.4, 0.5) is 5.69 Å². The van der Waals surface area contributed by atoms with E-state index in [-0.39, 0.29) is 0 Å². The number of rotatable bonds is 3. The molecule has 0 saturated heterocycles. The van der Waals surface area contributed by atoms with E-state index in [1.165, 1.54) is 0 Å². The summed E-state index contributed by atoms with van der Waals surface area (Å²) in [5.41, 5.74) is 8.59. The third-order valence-corrected chi connectivity index (χ3v) is 2.53. The Morgan fingerprint density at radius 3 is 2.82 bits per heavy atom. The summed E-state index contributed by atoms with van der Waals surface area (Å²) in [7, 11) is 0. The number of aryl methyl sites for hydroxylation is 1. The average molecular weight is 230 g/mol. The van der Waals surface area contributed by atoms with Crippen LogP contribution in [0.2, 0.25) is 0 Å². The van der Waals surface area contributed by atoms with E-state index in [0.29, 0.717) is 12.5 Å². The Hall–Kier alpha value is -1.77. The zero-order valence-electron chi connectivity index (χ0n) is 10.5. The summed E-state index contributed by atoms with van der Waals surface area (Å²) in [6, 6.07) is 7.73. The van der Waals surface area contributed by atoms with Crippen LogP contribution < -0.4 is 10.5 Å². The lowest BCUT2D eigenvalue weighted by atomic mass is 10.1. The SMILES string of the molecule is Cc1cc(N)c2c(OCC(C)C)cccc2n1. The number of ether oxygens (including phenoxy) is 1. The third-order valence-electron chi connectivity index (χ3n) is 2.53. The molecule has 0 aliphatic carbocycles. The standard InChI is InChI=1S/C14H18N2O/c1-9(2)8-17-13-6-4-5-12-14(13)11(15)7-10(3)16-12/h4-7,9H,8H2,1-3H3,(H2,15,16). The van der Waals surface area contributed by atoms with Crippen molar-refractivity contribution >= 4 is 16.6 Å². The molecule has 1 heterocycles. The highest BCUT2D eigenvalue weighted by molar-refractivity contribution is 5.95. The van der Waals surface area contributed by atoms with Crippen molar-refractivity contribution in [2.24, 2.45) is 5.92 Å². The topological polar surface area (TPSA) is 48.1 Å². The predicted octanol–water partition coefficient (Wildman–Crippen LogP) is 3.16. The number of fused-ring (bicyclic) bond motifs is 1. The highest BCUT2D eigenvalue weighted by atomic mass is 16.5. The largest absolute Gasteiger partial charge is 0.493 e. The summed E-state index contributed by atoms with van der Waals surface area (Å²) in [4.78, 5) is 4.46. The molecule has 3 nitrogen and oxygen atoms in total. The summed E-state index contributed by atoms with van der Waals surface area (Å²) >= 11 is 0. The summed E-state index contributed by atoms with van der Waals surface area (Å²) in [6.07, 6.45) is 0. The summed E-state index contributed by atoms with van der Waals surface area (Å²) in [5, 5.41) is 0.916. The Balaban J connectivity index is 2.49. The Labute approximate surface area is 102 Å². The fourth-order valence-corrected chi connectivity index (χ4v) is 1.80. The third kappa shape index (κ3) is 2.49. The molecule has 0 fully saturated rings. The molecule has 1 aromatic carbocycles. The van der Waals surface area contributed by atoms with E-state index < -0.39 is 0 Å². The van der Waals surface area contributed by atoms with Gasteiger partial charge in [0.1, 0.15) is 5.75 Å². The van der Waals surface area contributed by atoms with Crippen molar-refractivity contribution in [3.63, 3.8) is 0 Å². The van der Waals surface area contributed by atoms with E-state index in [9.17, 15) is 0 Å². The number of hydrogen-bond donors (Lipinski definition) is 1. The van der Waals surface area contributed by atoms with E-state index in [1.807, 2.05) is 31.2 Å². The van der Waals surface area contributed by atoms with Crippen LogP contribution in [0, 0.1) is 12.8 Å². The van der Waals surface area contributed by atoms with Crippen molar-refractivity contribution in [1.82, 2.24) is 4.98 Å². The molecule has 1 aromatic heterocycles. The van der Waals surface area contributed by atoms with E-state index in [4.69, 9.17) is 10.5 Å². The van der Waals surface area contributed by atoms with Crippen molar-refractivity contribution in [3.05, 3.63) is 30.0 Å². The highest BCUT2D eigenvalue weighted by Gasteiger charge is 2.08. The van der Waals surface area contributed by atoms with Gasteiger partial charge in [-0.05, 0) is 31.0 Å². The maximum absolute atomic E-state index is 6.04. The Morgan fingerprint density at radius 1 is 1.35 bits per heavy atom. The van der Waals surface area contributed by atoms with Crippen molar-refractivity contribution < 1.29 is 4.74 Å². The molecule has 2 aromatic rings. The Kier molecular flexibility index (Phi) is 3.18. The van der Waals surface area contributed by atoms with E-state index in [2.05, 4.69) is 18.8 Å². The molecule has 0 amide bonds.